The number of nitrogens with two attached hydrogens (primary N) is 1. The molecule has 0 aliphatic rings. The van der Waals surface area contributed by atoms with Crippen LogP contribution < -0.4 is 11.3 Å². The molecule has 3 N–H and O–H groups in total. The lowest BCUT2D eigenvalue weighted by molar-refractivity contribution is 0.496. The first-order chi connectivity index (χ1) is 6.27. The van der Waals surface area contributed by atoms with E-state index in [2.05, 4.69) is 22.3 Å². The van der Waals surface area contributed by atoms with Gasteiger partial charge in [-0.2, -0.15) is 0 Å². The molecule has 0 fully saturated rings. The van der Waals surface area contributed by atoms with E-state index in [1.165, 1.54) is 0 Å². The van der Waals surface area contributed by atoms with Crippen LogP contribution in [0.4, 0.5) is 0 Å². The van der Waals surface area contributed by atoms with Crippen LogP contribution in [0.5, 0.6) is 0 Å². The minimum absolute atomic E-state index is 0.123. The summed E-state index contributed by atoms with van der Waals surface area (Å²) in [6.07, 6.45) is 5.59. The van der Waals surface area contributed by atoms with Crippen molar-refractivity contribution in [2.45, 2.75) is 32.7 Å². The number of hydrogen-bond donors (Lipinski definition) is 2. The monoisotopic (exact) mass is 180 g/mol. The van der Waals surface area contributed by atoms with Crippen molar-refractivity contribution in [2.24, 2.45) is 5.84 Å². The highest BCUT2D eigenvalue weighted by Crippen LogP contribution is 2.13. The number of nitrogens with zero attached hydrogens (tertiary/aromatic N) is 2. The van der Waals surface area contributed by atoms with Gasteiger partial charge in [-0.15, -0.1) is 0 Å². The molecule has 0 spiro atoms. The number of rotatable bonds is 4. The predicted molar refractivity (Wildman–Crippen MR) is 51.7 cm³/mol. The Morgan fingerprint density at radius 1 is 1.46 bits per heavy atom. The molecular weight excluding hydrogens is 164 g/mol. The Balaban J connectivity index is 2.73. The molecule has 4 nitrogen and oxygen atoms in total. The third-order valence-electron chi connectivity index (χ3n) is 1.94. The molecule has 0 saturated carbocycles. The zero-order valence-electron chi connectivity index (χ0n) is 8.12. The van der Waals surface area contributed by atoms with Crippen molar-refractivity contribution in [3.05, 3.63) is 23.8 Å². The number of nitrogens with one attached hydrogen (secondary N) is 1. The van der Waals surface area contributed by atoms with Gasteiger partial charge >= 0.3 is 0 Å². The highest BCUT2D eigenvalue weighted by atomic mass is 15.2. The molecule has 1 aromatic heterocycles. The van der Waals surface area contributed by atoms with Crippen LogP contribution in [0, 0.1) is 6.92 Å². The van der Waals surface area contributed by atoms with Gasteiger partial charge in [0.05, 0.1) is 23.6 Å². The third kappa shape index (κ3) is 2.75. The van der Waals surface area contributed by atoms with Crippen LogP contribution in [-0.2, 0) is 0 Å². The molecule has 72 valence electrons. The summed E-state index contributed by atoms with van der Waals surface area (Å²) in [6.45, 7) is 4.04. The minimum atomic E-state index is 0.123. The molecule has 1 unspecified atom stereocenters. The summed E-state index contributed by atoms with van der Waals surface area (Å²) in [4.78, 5) is 8.44. The van der Waals surface area contributed by atoms with Crippen LogP contribution in [0.3, 0.4) is 0 Å². The van der Waals surface area contributed by atoms with E-state index in [4.69, 9.17) is 5.84 Å². The largest absolute Gasteiger partial charge is 0.271 e. The Morgan fingerprint density at radius 2 is 2.23 bits per heavy atom. The minimum Gasteiger partial charge on any atom is -0.271 e. The van der Waals surface area contributed by atoms with Gasteiger partial charge in [0.25, 0.3) is 0 Å². The molecule has 0 amide bonds. The van der Waals surface area contributed by atoms with Crippen molar-refractivity contribution in [1.29, 1.82) is 0 Å². The Hall–Kier alpha value is -1.00. The molecule has 1 aromatic rings. The fourth-order valence-corrected chi connectivity index (χ4v) is 1.19. The van der Waals surface area contributed by atoms with Crippen LogP contribution in [0.1, 0.15) is 37.2 Å². The van der Waals surface area contributed by atoms with E-state index in [-0.39, 0.29) is 6.04 Å². The molecule has 0 aromatic carbocycles. The van der Waals surface area contributed by atoms with Gasteiger partial charge in [-0.05, 0) is 13.3 Å². The molecule has 0 aliphatic carbocycles. The number of aromatic nitrogens is 2. The molecular formula is C9H16N4. The van der Waals surface area contributed by atoms with Crippen molar-refractivity contribution in [3.63, 3.8) is 0 Å². The van der Waals surface area contributed by atoms with Crippen LogP contribution in [0.15, 0.2) is 12.4 Å². The molecule has 0 bridgehead atoms. The lowest BCUT2D eigenvalue weighted by Crippen LogP contribution is -2.28. The van der Waals surface area contributed by atoms with Gasteiger partial charge in [0, 0.05) is 6.20 Å². The van der Waals surface area contributed by atoms with Crippen LogP contribution >= 0.6 is 0 Å². The van der Waals surface area contributed by atoms with Gasteiger partial charge in [0.15, 0.2) is 0 Å². The second-order valence-corrected chi connectivity index (χ2v) is 3.09. The third-order valence-corrected chi connectivity index (χ3v) is 1.94. The normalized spacial score (nSPS) is 12.8. The summed E-state index contributed by atoms with van der Waals surface area (Å²) in [6, 6.07) is 0.123. The number of aryl methyl sites for hydroxylation is 1. The summed E-state index contributed by atoms with van der Waals surface area (Å²) < 4.78 is 0. The Bertz CT molecular complexity index is 244. The maximum atomic E-state index is 5.41. The molecule has 1 rings (SSSR count). The molecule has 0 aliphatic heterocycles. The maximum absolute atomic E-state index is 5.41. The highest BCUT2D eigenvalue weighted by molar-refractivity contribution is 5.05. The van der Waals surface area contributed by atoms with Crippen molar-refractivity contribution in [2.75, 3.05) is 0 Å². The predicted octanol–water partition coefficient (Wildman–Crippen LogP) is 1.09. The van der Waals surface area contributed by atoms with Crippen LogP contribution in [0.25, 0.3) is 0 Å². The van der Waals surface area contributed by atoms with E-state index >= 15 is 0 Å². The first-order valence-electron chi connectivity index (χ1n) is 4.52. The maximum Gasteiger partial charge on any atom is 0.0769 e. The van der Waals surface area contributed by atoms with E-state index < -0.39 is 0 Å². The zero-order valence-corrected chi connectivity index (χ0v) is 8.12. The zero-order chi connectivity index (χ0) is 9.68. The second-order valence-electron chi connectivity index (χ2n) is 3.09. The topological polar surface area (TPSA) is 63.8 Å². The summed E-state index contributed by atoms with van der Waals surface area (Å²) in [5.41, 5.74) is 4.58. The van der Waals surface area contributed by atoms with Crippen molar-refractivity contribution in [3.8, 4) is 0 Å². The summed E-state index contributed by atoms with van der Waals surface area (Å²) in [7, 11) is 0. The average molecular weight is 180 g/mol. The van der Waals surface area contributed by atoms with Gasteiger partial charge in [-0.25, -0.2) is 0 Å². The highest BCUT2D eigenvalue weighted by Gasteiger charge is 2.09. The Morgan fingerprint density at radius 3 is 2.69 bits per heavy atom. The molecule has 4 heteroatoms. The quantitative estimate of drug-likeness (QED) is 0.537. The summed E-state index contributed by atoms with van der Waals surface area (Å²) >= 11 is 0. The summed E-state index contributed by atoms with van der Waals surface area (Å²) in [5.74, 6) is 5.41. The average Bonchev–Trinajstić information content (AvgIpc) is 2.16. The van der Waals surface area contributed by atoms with Crippen molar-refractivity contribution >= 4 is 0 Å². The standard InChI is InChI=1S/C9H16N4/c1-3-4-8(13-10)9-6-11-7(2)5-12-9/h5-6,8,13H,3-4,10H2,1-2H3. The van der Waals surface area contributed by atoms with Gasteiger partial charge in [-0.3, -0.25) is 21.2 Å². The second kappa shape index (κ2) is 4.89. The van der Waals surface area contributed by atoms with Gasteiger partial charge in [-0.1, -0.05) is 13.3 Å². The lowest BCUT2D eigenvalue weighted by Gasteiger charge is -2.13. The molecule has 1 atom stereocenters. The van der Waals surface area contributed by atoms with Crippen LogP contribution in [-0.4, -0.2) is 9.97 Å². The SMILES string of the molecule is CCCC(NN)c1cnc(C)cn1. The van der Waals surface area contributed by atoms with E-state index in [9.17, 15) is 0 Å². The molecule has 1 heterocycles. The van der Waals surface area contributed by atoms with Gasteiger partial charge < -0.3 is 0 Å². The van der Waals surface area contributed by atoms with Crippen molar-refractivity contribution in [1.82, 2.24) is 15.4 Å². The van der Waals surface area contributed by atoms with E-state index in [0.29, 0.717) is 0 Å². The fourth-order valence-electron chi connectivity index (χ4n) is 1.19. The number of hydrazine groups is 1. The smallest absolute Gasteiger partial charge is 0.0769 e. The van der Waals surface area contributed by atoms with Gasteiger partial charge in [0.2, 0.25) is 0 Å². The Labute approximate surface area is 78.6 Å². The number of hydrogen-bond acceptors (Lipinski definition) is 4. The molecule has 13 heavy (non-hydrogen) atoms. The van der Waals surface area contributed by atoms with Crippen LogP contribution in [0.2, 0.25) is 0 Å². The molecule has 0 radical (unpaired) electrons. The summed E-state index contributed by atoms with van der Waals surface area (Å²) in [5, 5.41) is 0. The molecule has 0 saturated heterocycles. The first kappa shape index (κ1) is 10.1. The Kier molecular flexibility index (Phi) is 3.79. The van der Waals surface area contributed by atoms with Crippen molar-refractivity contribution < 1.29 is 0 Å². The van der Waals surface area contributed by atoms with E-state index in [0.717, 1.165) is 24.2 Å². The fraction of sp³-hybridized carbons (Fsp3) is 0.556. The van der Waals surface area contributed by atoms with E-state index in [1.54, 1.807) is 12.4 Å². The lowest BCUT2D eigenvalue weighted by atomic mass is 10.1. The first-order valence-corrected chi connectivity index (χ1v) is 4.52. The van der Waals surface area contributed by atoms with Gasteiger partial charge in [0.1, 0.15) is 0 Å². The van der Waals surface area contributed by atoms with E-state index in [1.807, 2.05) is 6.92 Å².